The number of nitrogens with zero attached hydrogens (tertiary/aromatic N) is 4. The summed E-state index contributed by atoms with van der Waals surface area (Å²) in [4.78, 5) is 19.2. The van der Waals surface area contributed by atoms with Gasteiger partial charge in [-0.3, -0.25) is 4.98 Å². The zero-order valence-corrected chi connectivity index (χ0v) is 17.6. The van der Waals surface area contributed by atoms with Gasteiger partial charge in [0.2, 0.25) is 0 Å². The molecule has 0 spiro atoms. The SMILES string of the molecule is CC[C@H](N)c1cccc(Br)n1.O=C(O)c1cncc2c1cnn2-c1ccc(F)cc1. The molecule has 0 unspecified atom stereocenters. The number of carboxylic acid groups (broad SMARTS) is 1. The fourth-order valence-electron chi connectivity index (χ4n) is 2.74. The van der Waals surface area contributed by atoms with Crippen LogP contribution in [0.15, 0.2) is 65.7 Å². The van der Waals surface area contributed by atoms with Crippen molar-refractivity contribution in [1.82, 2.24) is 19.7 Å². The van der Waals surface area contributed by atoms with Crippen molar-refractivity contribution < 1.29 is 14.3 Å². The van der Waals surface area contributed by atoms with Gasteiger partial charge in [-0.25, -0.2) is 18.9 Å². The number of rotatable bonds is 4. The van der Waals surface area contributed by atoms with Crippen LogP contribution in [0.2, 0.25) is 0 Å². The van der Waals surface area contributed by atoms with E-state index in [9.17, 15) is 9.18 Å². The molecule has 0 aliphatic rings. The monoisotopic (exact) mass is 471 g/mol. The van der Waals surface area contributed by atoms with Crippen LogP contribution in [0.1, 0.15) is 35.4 Å². The Labute approximate surface area is 180 Å². The van der Waals surface area contributed by atoms with Crippen LogP contribution in [0.5, 0.6) is 0 Å². The highest BCUT2D eigenvalue weighted by Gasteiger charge is 2.13. The predicted octanol–water partition coefficient (Wildman–Crippen LogP) is 4.51. The second kappa shape index (κ2) is 9.55. The summed E-state index contributed by atoms with van der Waals surface area (Å²) >= 11 is 3.29. The van der Waals surface area contributed by atoms with E-state index in [-0.39, 0.29) is 17.4 Å². The third-order valence-corrected chi connectivity index (χ3v) is 4.80. The van der Waals surface area contributed by atoms with Crippen molar-refractivity contribution in [3.8, 4) is 5.69 Å². The first-order chi connectivity index (χ1) is 14.4. The lowest BCUT2D eigenvalue weighted by Crippen LogP contribution is -2.10. The van der Waals surface area contributed by atoms with Gasteiger partial charge in [-0.2, -0.15) is 5.10 Å². The molecule has 0 radical (unpaired) electrons. The van der Waals surface area contributed by atoms with E-state index >= 15 is 0 Å². The van der Waals surface area contributed by atoms with Crippen molar-refractivity contribution >= 4 is 32.8 Å². The molecule has 3 N–H and O–H groups in total. The lowest BCUT2D eigenvalue weighted by atomic mass is 10.1. The van der Waals surface area contributed by atoms with Crippen molar-refractivity contribution in [2.75, 3.05) is 0 Å². The van der Waals surface area contributed by atoms with Crippen molar-refractivity contribution in [3.63, 3.8) is 0 Å². The lowest BCUT2D eigenvalue weighted by molar-refractivity contribution is 0.0698. The number of benzene rings is 1. The molecule has 30 heavy (non-hydrogen) atoms. The highest BCUT2D eigenvalue weighted by Crippen LogP contribution is 2.21. The Hall–Kier alpha value is -3.17. The summed E-state index contributed by atoms with van der Waals surface area (Å²) in [6.07, 6.45) is 5.19. The number of nitrogens with two attached hydrogens (primary N) is 1. The Bertz CT molecular complexity index is 1160. The average Bonchev–Trinajstić information content (AvgIpc) is 3.18. The fourth-order valence-corrected chi connectivity index (χ4v) is 3.10. The van der Waals surface area contributed by atoms with Gasteiger partial charge in [0.05, 0.1) is 34.9 Å². The molecule has 4 aromatic rings. The second-order valence-electron chi connectivity index (χ2n) is 6.36. The van der Waals surface area contributed by atoms with Crippen LogP contribution < -0.4 is 5.73 Å². The molecule has 0 amide bonds. The standard InChI is InChI=1S/C13H8FN3O2.C8H11BrN2/c14-8-1-3-9(4-2-8)17-12-7-15-5-11(13(18)19)10(12)6-16-17;1-2-6(10)7-4-3-5-8(9)11-7/h1-7H,(H,18,19);3-6H,2,10H2,1H3/t;6-/m.0/s1. The molecule has 1 aromatic carbocycles. The Kier molecular flexibility index (Phi) is 6.86. The van der Waals surface area contributed by atoms with Crippen LogP contribution in [0.3, 0.4) is 0 Å². The normalized spacial score (nSPS) is 11.6. The smallest absolute Gasteiger partial charge is 0.338 e. The Morgan fingerprint density at radius 2 is 1.93 bits per heavy atom. The molecule has 0 aliphatic carbocycles. The minimum Gasteiger partial charge on any atom is -0.478 e. The van der Waals surface area contributed by atoms with Gasteiger partial charge >= 0.3 is 5.97 Å². The molecule has 9 heteroatoms. The number of pyridine rings is 2. The van der Waals surface area contributed by atoms with Crippen LogP contribution in [-0.2, 0) is 0 Å². The first-order valence-electron chi connectivity index (χ1n) is 9.09. The minimum absolute atomic E-state index is 0.0625. The second-order valence-corrected chi connectivity index (χ2v) is 7.17. The zero-order chi connectivity index (χ0) is 21.7. The summed E-state index contributed by atoms with van der Waals surface area (Å²) in [7, 11) is 0. The van der Waals surface area contributed by atoms with E-state index in [0.29, 0.717) is 16.6 Å². The molecule has 1 atom stereocenters. The van der Waals surface area contributed by atoms with Crippen LogP contribution in [0.4, 0.5) is 4.39 Å². The van der Waals surface area contributed by atoms with Crippen LogP contribution >= 0.6 is 15.9 Å². The molecule has 0 bridgehead atoms. The summed E-state index contributed by atoms with van der Waals surface area (Å²) in [5.41, 5.74) is 8.02. The maximum Gasteiger partial charge on any atom is 0.338 e. The Morgan fingerprint density at radius 3 is 2.57 bits per heavy atom. The maximum atomic E-state index is 12.9. The molecule has 3 aromatic heterocycles. The van der Waals surface area contributed by atoms with E-state index in [1.165, 1.54) is 35.4 Å². The van der Waals surface area contributed by atoms with Gasteiger partial charge in [-0.15, -0.1) is 0 Å². The topological polar surface area (TPSA) is 107 Å². The lowest BCUT2D eigenvalue weighted by Gasteiger charge is -2.06. The van der Waals surface area contributed by atoms with E-state index < -0.39 is 5.97 Å². The van der Waals surface area contributed by atoms with Gasteiger partial charge in [0.1, 0.15) is 10.4 Å². The largest absolute Gasteiger partial charge is 0.478 e. The number of halogens is 2. The Balaban J connectivity index is 0.000000199. The quantitative estimate of drug-likeness (QED) is 0.424. The van der Waals surface area contributed by atoms with Crippen molar-refractivity contribution in [2.24, 2.45) is 5.73 Å². The number of carboxylic acids is 1. The van der Waals surface area contributed by atoms with E-state index in [0.717, 1.165) is 16.7 Å². The number of carbonyl (C=O) groups is 1. The highest BCUT2D eigenvalue weighted by molar-refractivity contribution is 9.10. The number of hydrogen-bond acceptors (Lipinski definition) is 5. The van der Waals surface area contributed by atoms with E-state index in [1.807, 2.05) is 25.1 Å². The molecule has 154 valence electrons. The minimum atomic E-state index is -1.06. The number of fused-ring (bicyclic) bond motifs is 1. The van der Waals surface area contributed by atoms with Gasteiger partial charge in [-0.1, -0.05) is 13.0 Å². The number of hydrogen-bond donors (Lipinski definition) is 2. The summed E-state index contributed by atoms with van der Waals surface area (Å²) in [5, 5.41) is 13.7. The van der Waals surface area contributed by atoms with Gasteiger partial charge in [0, 0.05) is 17.6 Å². The molecule has 0 saturated heterocycles. The van der Waals surface area contributed by atoms with Gasteiger partial charge in [0.15, 0.2) is 0 Å². The van der Waals surface area contributed by atoms with Gasteiger partial charge in [-0.05, 0) is 58.7 Å². The average molecular weight is 472 g/mol. The summed E-state index contributed by atoms with van der Waals surface area (Å²) in [5.74, 6) is -1.40. The third kappa shape index (κ3) is 4.87. The first-order valence-corrected chi connectivity index (χ1v) is 9.89. The maximum absolute atomic E-state index is 12.9. The molecule has 7 nitrogen and oxygen atoms in total. The molecule has 4 rings (SSSR count). The highest BCUT2D eigenvalue weighted by atomic mass is 79.9. The molecular formula is C21H19BrFN5O2. The fraction of sp³-hybridized carbons (Fsp3) is 0.143. The zero-order valence-electron chi connectivity index (χ0n) is 16.0. The van der Waals surface area contributed by atoms with E-state index in [4.69, 9.17) is 10.8 Å². The van der Waals surface area contributed by atoms with E-state index in [1.54, 1.807) is 12.1 Å². The Morgan fingerprint density at radius 1 is 1.20 bits per heavy atom. The van der Waals surface area contributed by atoms with Crippen LogP contribution in [-0.4, -0.2) is 30.8 Å². The summed E-state index contributed by atoms with van der Waals surface area (Å²) in [6.45, 7) is 2.05. The van der Waals surface area contributed by atoms with E-state index in [2.05, 4.69) is 31.0 Å². The molecular weight excluding hydrogens is 453 g/mol. The number of aromatic nitrogens is 4. The van der Waals surface area contributed by atoms with Gasteiger partial charge in [0.25, 0.3) is 0 Å². The molecule has 0 fully saturated rings. The first kappa shape index (κ1) is 21.5. The van der Waals surface area contributed by atoms with Crippen LogP contribution in [0.25, 0.3) is 16.6 Å². The van der Waals surface area contributed by atoms with Crippen molar-refractivity contribution in [2.45, 2.75) is 19.4 Å². The van der Waals surface area contributed by atoms with Crippen LogP contribution in [0, 0.1) is 5.82 Å². The summed E-state index contributed by atoms with van der Waals surface area (Å²) in [6, 6.07) is 11.6. The third-order valence-electron chi connectivity index (χ3n) is 4.36. The number of aromatic carboxylic acids is 1. The molecule has 0 aliphatic heterocycles. The molecule has 0 saturated carbocycles. The predicted molar refractivity (Wildman–Crippen MR) is 115 cm³/mol. The van der Waals surface area contributed by atoms with Crippen molar-refractivity contribution in [1.29, 1.82) is 0 Å². The van der Waals surface area contributed by atoms with Gasteiger partial charge < -0.3 is 10.8 Å². The van der Waals surface area contributed by atoms with Crippen molar-refractivity contribution in [3.05, 3.63) is 82.7 Å². The summed E-state index contributed by atoms with van der Waals surface area (Å²) < 4.78 is 15.3. The molecule has 3 heterocycles.